The first-order chi connectivity index (χ1) is 6.35. The van der Waals surface area contributed by atoms with Crippen LogP contribution in [0.15, 0.2) is 4.99 Å². The average molecular weight is 197 g/mol. The molecule has 1 unspecified atom stereocenters. The van der Waals surface area contributed by atoms with Crippen LogP contribution in [0.2, 0.25) is 0 Å². The van der Waals surface area contributed by atoms with Gasteiger partial charge in [0, 0.05) is 5.41 Å². The van der Waals surface area contributed by atoms with Crippen LogP contribution in [0.4, 0.5) is 0 Å². The fourth-order valence-electron chi connectivity index (χ4n) is 1.72. The number of hydrogen-bond donors (Lipinski definition) is 0. The Balaban J connectivity index is 5.07. The van der Waals surface area contributed by atoms with Crippen LogP contribution in [-0.2, 0) is 0 Å². The molecule has 82 valence electrons. The first kappa shape index (κ1) is 13.3. The van der Waals surface area contributed by atoms with E-state index in [9.17, 15) is 0 Å². The lowest BCUT2D eigenvalue weighted by Gasteiger charge is -2.41. The van der Waals surface area contributed by atoms with E-state index in [1.165, 1.54) is 0 Å². The molecule has 0 saturated heterocycles. The summed E-state index contributed by atoms with van der Waals surface area (Å²) in [4.78, 5) is 4.04. The first-order valence-electron chi connectivity index (χ1n) is 5.37. The molecule has 0 aliphatic heterocycles. The normalized spacial score (nSPS) is 17.0. The predicted octanol–water partition coefficient (Wildman–Crippen LogP) is 2.96. The SMILES string of the molecule is C=[N+](/C=N\C)C(C)(CC)C(C)(C)CC. The van der Waals surface area contributed by atoms with Gasteiger partial charge >= 0.3 is 0 Å². The van der Waals surface area contributed by atoms with E-state index in [0.717, 1.165) is 12.8 Å². The molecule has 0 saturated carbocycles. The summed E-state index contributed by atoms with van der Waals surface area (Å²) >= 11 is 0. The van der Waals surface area contributed by atoms with Gasteiger partial charge in [-0.25, -0.2) is 4.58 Å². The molecule has 0 heterocycles. The number of rotatable bonds is 5. The summed E-state index contributed by atoms with van der Waals surface area (Å²) in [6.45, 7) is 15.3. The van der Waals surface area contributed by atoms with Crippen molar-refractivity contribution in [3.8, 4) is 0 Å². The minimum atomic E-state index is 0.0707. The van der Waals surface area contributed by atoms with Gasteiger partial charge in [0.2, 0.25) is 0 Å². The highest BCUT2D eigenvalue weighted by molar-refractivity contribution is 5.48. The maximum atomic E-state index is 4.07. The van der Waals surface area contributed by atoms with Crippen molar-refractivity contribution in [3.63, 3.8) is 0 Å². The summed E-state index contributed by atoms with van der Waals surface area (Å²) in [6, 6.07) is 0. The minimum absolute atomic E-state index is 0.0707. The number of hydrogen-bond acceptors (Lipinski definition) is 1. The Bertz CT molecular complexity index is 228. The van der Waals surface area contributed by atoms with Gasteiger partial charge < -0.3 is 0 Å². The number of aliphatic imine (C=N–C) groups is 1. The Morgan fingerprint density at radius 1 is 1.21 bits per heavy atom. The van der Waals surface area contributed by atoms with Crippen LogP contribution in [0.3, 0.4) is 0 Å². The summed E-state index contributed by atoms with van der Waals surface area (Å²) in [5.41, 5.74) is 0.311. The van der Waals surface area contributed by atoms with Crippen molar-refractivity contribution in [1.82, 2.24) is 0 Å². The van der Waals surface area contributed by atoms with Crippen LogP contribution in [0.1, 0.15) is 47.5 Å². The van der Waals surface area contributed by atoms with E-state index in [0.29, 0.717) is 0 Å². The van der Waals surface area contributed by atoms with E-state index < -0.39 is 0 Å². The van der Waals surface area contributed by atoms with E-state index in [-0.39, 0.29) is 11.0 Å². The van der Waals surface area contributed by atoms with Crippen molar-refractivity contribution in [3.05, 3.63) is 0 Å². The van der Waals surface area contributed by atoms with Gasteiger partial charge in [0.15, 0.2) is 0 Å². The van der Waals surface area contributed by atoms with Crippen molar-refractivity contribution < 1.29 is 4.58 Å². The maximum absolute atomic E-state index is 4.07. The van der Waals surface area contributed by atoms with Gasteiger partial charge in [0.25, 0.3) is 6.34 Å². The van der Waals surface area contributed by atoms with Crippen molar-refractivity contribution in [2.45, 2.75) is 53.0 Å². The Labute approximate surface area is 88.8 Å². The second-order valence-electron chi connectivity index (χ2n) is 4.71. The molecule has 1 atom stereocenters. The molecule has 0 spiro atoms. The van der Waals surface area contributed by atoms with E-state index in [1.54, 1.807) is 7.05 Å². The fraction of sp³-hybridized carbons (Fsp3) is 0.833. The van der Waals surface area contributed by atoms with E-state index in [1.807, 2.05) is 10.9 Å². The zero-order valence-electron chi connectivity index (χ0n) is 10.6. The Morgan fingerprint density at radius 3 is 2.00 bits per heavy atom. The molecule has 0 aromatic heterocycles. The highest BCUT2D eigenvalue weighted by Crippen LogP contribution is 2.38. The zero-order chi connectivity index (χ0) is 11.4. The highest BCUT2D eigenvalue weighted by Gasteiger charge is 2.43. The quantitative estimate of drug-likeness (QED) is 0.366. The van der Waals surface area contributed by atoms with E-state index in [2.05, 4.69) is 46.3 Å². The van der Waals surface area contributed by atoms with Crippen LogP contribution in [0.5, 0.6) is 0 Å². The van der Waals surface area contributed by atoms with Crippen LogP contribution in [0, 0.1) is 5.41 Å². The maximum Gasteiger partial charge on any atom is 0.279 e. The van der Waals surface area contributed by atoms with Crippen LogP contribution in [-0.4, -0.2) is 30.2 Å². The van der Waals surface area contributed by atoms with Gasteiger partial charge in [-0.3, -0.25) is 0 Å². The highest BCUT2D eigenvalue weighted by atomic mass is 15.1. The third-order valence-corrected chi connectivity index (χ3v) is 3.92. The first-order valence-corrected chi connectivity index (χ1v) is 5.37. The molecule has 0 N–H and O–H groups in total. The minimum Gasteiger partial charge on any atom is -0.239 e. The third kappa shape index (κ3) is 2.23. The van der Waals surface area contributed by atoms with Gasteiger partial charge in [-0.05, 0) is 19.8 Å². The topological polar surface area (TPSA) is 15.4 Å². The molecule has 2 heteroatoms. The van der Waals surface area contributed by atoms with Crippen molar-refractivity contribution in [2.24, 2.45) is 10.4 Å². The summed E-state index contributed by atoms with van der Waals surface area (Å²) in [5.74, 6) is 0. The monoisotopic (exact) mass is 197 g/mol. The van der Waals surface area contributed by atoms with Gasteiger partial charge in [-0.2, -0.15) is 0 Å². The summed E-state index contributed by atoms with van der Waals surface area (Å²) < 4.78 is 2.00. The Hall–Kier alpha value is -0.660. The molecular formula is C12H25N2+. The van der Waals surface area contributed by atoms with Crippen LogP contribution < -0.4 is 0 Å². The predicted molar refractivity (Wildman–Crippen MR) is 64.6 cm³/mol. The van der Waals surface area contributed by atoms with Gasteiger partial charge in [0.1, 0.15) is 12.6 Å². The third-order valence-electron chi connectivity index (χ3n) is 3.92. The summed E-state index contributed by atoms with van der Waals surface area (Å²) in [7, 11) is 1.78. The number of nitrogens with zero attached hydrogens (tertiary/aromatic N) is 2. The lowest BCUT2D eigenvalue weighted by molar-refractivity contribution is -0.513. The molecule has 14 heavy (non-hydrogen) atoms. The molecule has 0 fully saturated rings. The standard InChI is InChI=1S/C12H25N2/c1-8-11(3,4)12(5,9-2)14(7)10-13-6/h10H,7-9H2,1-6H3/q+1/b13-10-. The van der Waals surface area contributed by atoms with Gasteiger partial charge in [-0.1, -0.05) is 32.7 Å². The summed E-state index contributed by atoms with van der Waals surface area (Å²) in [6.07, 6.45) is 4.03. The lowest BCUT2D eigenvalue weighted by Crippen LogP contribution is -2.49. The molecule has 0 aliphatic rings. The Kier molecular flexibility index (Phi) is 4.50. The second kappa shape index (κ2) is 4.72. The molecule has 0 aromatic rings. The molecule has 0 aliphatic carbocycles. The van der Waals surface area contributed by atoms with Crippen LogP contribution in [0.25, 0.3) is 0 Å². The lowest BCUT2D eigenvalue weighted by atomic mass is 9.69. The molecule has 0 radical (unpaired) electrons. The average Bonchev–Trinajstić information content (AvgIpc) is 2.16. The molecule has 0 aromatic carbocycles. The summed E-state index contributed by atoms with van der Waals surface area (Å²) in [5, 5.41) is 0. The fourth-order valence-corrected chi connectivity index (χ4v) is 1.72. The molecule has 0 bridgehead atoms. The molecule has 0 rings (SSSR count). The largest absolute Gasteiger partial charge is 0.279 e. The van der Waals surface area contributed by atoms with Crippen molar-refractivity contribution in [2.75, 3.05) is 7.05 Å². The van der Waals surface area contributed by atoms with E-state index in [4.69, 9.17) is 0 Å². The van der Waals surface area contributed by atoms with Gasteiger partial charge in [-0.15, -0.1) is 0 Å². The van der Waals surface area contributed by atoms with Crippen molar-refractivity contribution in [1.29, 1.82) is 0 Å². The molecule has 0 amide bonds. The van der Waals surface area contributed by atoms with Crippen LogP contribution >= 0.6 is 0 Å². The Morgan fingerprint density at radius 2 is 1.71 bits per heavy atom. The second-order valence-corrected chi connectivity index (χ2v) is 4.71. The van der Waals surface area contributed by atoms with Crippen molar-refractivity contribution >= 4 is 13.1 Å². The zero-order valence-corrected chi connectivity index (χ0v) is 10.6. The molecule has 2 nitrogen and oxygen atoms in total. The van der Waals surface area contributed by atoms with Gasteiger partial charge in [0.05, 0.1) is 6.72 Å². The molecular weight excluding hydrogens is 172 g/mol. The smallest absolute Gasteiger partial charge is 0.239 e. The van der Waals surface area contributed by atoms with E-state index >= 15 is 0 Å².